The number of amides is 1. The SMILES string of the molecule is Cc1cc(C)cc(N2C(=O)C(=O)/C(=C(\O)c3cccc([N+](=O)[O-])c3)C2c2ccccn2)c1. The summed E-state index contributed by atoms with van der Waals surface area (Å²) in [5.74, 6) is -2.18. The predicted molar refractivity (Wildman–Crippen MR) is 118 cm³/mol. The quantitative estimate of drug-likeness (QED) is 0.218. The van der Waals surface area contributed by atoms with Crippen molar-refractivity contribution in [2.75, 3.05) is 4.90 Å². The Kier molecular flexibility index (Phi) is 5.28. The maximum atomic E-state index is 13.1. The van der Waals surface area contributed by atoms with Crippen molar-refractivity contribution in [2.45, 2.75) is 19.9 Å². The Balaban J connectivity index is 1.96. The Morgan fingerprint density at radius 2 is 1.75 bits per heavy atom. The summed E-state index contributed by atoms with van der Waals surface area (Å²) in [6.07, 6.45) is 1.53. The highest BCUT2D eigenvalue weighted by atomic mass is 16.6. The Morgan fingerprint density at radius 3 is 2.38 bits per heavy atom. The van der Waals surface area contributed by atoms with E-state index in [9.17, 15) is 24.8 Å². The van der Waals surface area contributed by atoms with Gasteiger partial charge in [0.05, 0.1) is 16.2 Å². The molecular weight excluding hydrogens is 410 g/mol. The van der Waals surface area contributed by atoms with Gasteiger partial charge in [0.1, 0.15) is 11.8 Å². The molecule has 1 aliphatic rings. The summed E-state index contributed by atoms with van der Waals surface area (Å²) in [4.78, 5) is 42.4. The number of ketones is 1. The molecule has 2 heterocycles. The molecule has 8 nitrogen and oxygen atoms in total. The van der Waals surface area contributed by atoms with Crippen molar-refractivity contribution < 1.29 is 19.6 Å². The highest BCUT2D eigenvalue weighted by Gasteiger charge is 2.47. The molecule has 1 amide bonds. The van der Waals surface area contributed by atoms with Gasteiger partial charge in [-0.05, 0) is 49.2 Å². The van der Waals surface area contributed by atoms with Crippen LogP contribution in [0, 0.1) is 24.0 Å². The molecule has 1 fully saturated rings. The van der Waals surface area contributed by atoms with Crippen LogP contribution in [0.2, 0.25) is 0 Å². The topological polar surface area (TPSA) is 114 Å². The number of anilines is 1. The van der Waals surface area contributed by atoms with Crippen molar-refractivity contribution >= 4 is 28.8 Å². The van der Waals surface area contributed by atoms with Gasteiger partial charge in [0.2, 0.25) is 0 Å². The number of pyridine rings is 1. The molecule has 0 aliphatic carbocycles. The zero-order valence-electron chi connectivity index (χ0n) is 17.4. The van der Waals surface area contributed by atoms with Crippen LogP contribution < -0.4 is 4.90 Å². The maximum Gasteiger partial charge on any atom is 0.300 e. The first-order valence-corrected chi connectivity index (χ1v) is 9.83. The van der Waals surface area contributed by atoms with Crippen LogP contribution in [0.1, 0.15) is 28.4 Å². The average molecular weight is 429 g/mol. The fourth-order valence-corrected chi connectivity index (χ4v) is 3.93. The maximum absolute atomic E-state index is 13.1. The van der Waals surface area contributed by atoms with E-state index in [1.54, 1.807) is 30.3 Å². The van der Waals surface area contributed by atoms with Crippen LogP contribution in [-0.4, -0.2) is 26.7 Å². The number of carbonyl (C=O) groups excluding carboxylic acids is 2. The number of benzene rings is 2. The molecule has 2 aromatic carbocycles. The number of nitro benzene ring substituents is 1. The zero-order chi connectivity index (χ0) is 23.0. The smallest absolute Gasteiger partial charge is 0.300 e. The summed E-state index contributed by atoms with van der Waals surface area (Å²) < 4.78 is 0. The molecule has 0 radical (unpaired) electrons. The summed E-state index contributed by atoms with van der Waals surface area (Å²) in [7, 11) is 0. The van der Waals surface area contributed by atoms with Gasteiger partial charge in [-0.15, -0.1) is 0 Å². The largest absolute Gasteiger partial charge is 0.507 e. The molecule has 1 aromatic heterocycles. The summed E-state index contributed by atoms with van der Waals surface area (Å²) in [5, 5.41) is 22.2. The van der Waals surface area contributed by atoms with Crippen molar-refractivity contribution in [3.05, 3.63) is 105 Å². The zero-order valence-corrected chi connectivity index (χ0v) is 17.4. The molecule has 0 spiro atoms. The van der Waals surface area contributed by atoms with Crippen LogP contribution in [0.25, 0.3) is 5.76 Å². The van der Waals surface area contributed by atoms with E-state index >= 15 is 0 Å². The molecule has 1 aliphatic heterocycles. The molecule has 0 saturated carbocycles. The molecule has 160 valence electrons. The van der Waals surface area contributed by atoms with Crippen LogP contribution in [0.4, 0.5) is 11.4 Å². The minimum Gasteiger partial charge on any atom is -0.507 e. The van der Waals surface area contributed by atoms with Gasteiger partial charge in [0, 0.05) is 29.6 Å². The molecule has 1 saturated heterocycles. The molecule has 8 heteroatoms. The third kappa shape index (κ3) is 3.62. The van der Waals surface area contributed by atoms with Crippen molar-refractivity contribution in [3.8, 4) is 0 Å². The number of aromatic nitrogens is 1. The first-order chi connectivity index (χ1) is 15.3. The average Bonchev–Trinajstić information content (AvgIpc) is 3.04. The van der Waals surface area contributed by atoms with Gasteiger partial charge in [0.15, 0.2) is 0 Å². The van der Waals surface area contributed by atoms with Crippen molar-refractivity contribution in [1.82, 2.24) is 4.98 Å². The lowest BCUT2D eigenvalue weighted by atomic mass is 9.97. The Bertz CT molecular complexity index is 1260. The summed E-state index contributed by atoms with van der Waals surface area (Å²) in [6, 6.07) is 14.9. The molecule has 32 heavy (non-hydrogen) atoms. The van der Waals surface area contributed by atoms with E-state index in [-0.39, 0.29) is 16.8 Å². The van der Waals surface area contributed by atoms with E-state index in [1.165, 1.54) is 29.3 Å². The number of aliphatic hydroxyl groups excluding tert-OH is 1. The van der Waals surface area contributed by atoms with E-state index in [0.717, 1.165) is 17.2 Å². The van der Waals surface area contributed by atoms with Crippen LogP contribution >= 0.6 is 0 Å². The van der Waals surface area contributed by atoms with Gasteiger partial charge in [-0.1, -0.05) is 24.3 Å². The Hall–Kier alpha value is -4.33. The number of nitrogens with zero attached hydrogens (tertiary/aromatic N) is 3. The van der Waals surface area contributed by atoms with E-state index in [4.69, 9.17) is 0 Å². The lowest BCUT2D eigenvalue weighted by Gasteiger charge is -2.25. The molecule has 3 aromatic rings. The fraction of sp³-hybridized carbons (Fsp3) is 0.125. The molecule has 4 rings (SSSR count). The van der Waals surface area contributed by atoms with Crippen molar-refractivity contribution in [1.29, 1.82) is 0 Å². The molecule has 1 atom stereocenters. The second kappa shape index (κ2) is 8.07. The summed E-state index contributed by atoms with van der Waals surface area (Å²) in [6.45, 7) is 3.76. The normalized spacial score (nSPS) is 17.6. The monoisotopic (exact) mass is 429 g/mol. The lowest BCUT2D eigenvalue weighted by Crippen LogP contribution is -2.30. The van der Waals surface area contributed by atoms with E-state index in [0.29, 0.717) is 11.4 Å². The Morgan fingerprint density at radius 1 is 1.03 bits per heavy atom. The fourth-order valence-electron chi connectivity index (χ4n) is 3.93. The molecular formula is C24H19N3O5. The van der Waals surface area contributed by atoms with Crippen LogP contribution in [0.15, 0.2) is 72.4 Å². The van der Waals surface area contributed by atoms with E-state index < -0.39 is 28.4 Å². The van der Waals surface area contributed by atoms with Crippen molar-refractivity contribution in [2.24, 2.45) is 0 Å². The number of carbonyl (C=O) groups is 2. The number of aliphatic hydroxyl groups is 1. The predicted octanol–water partition coefficient (Wildman–Crippen LogP) is 4.23. The molecule has 0 bridgehead atoms. The Labute approximate surface area is 183 Å². The minimum atomic E-state index is -0.989. The lowest BCUT2D eigenvalue weighted by molar-refractivity contribution is -0.384. The van der Waals surface area contributed by atoms with Gasteiger partial charge in [0.25, 0.3) is 17.4 Å². The third-order valence-corrected chi connectivity index (χ3v) is 5.23. The van der Waals surface area contributed by atoms with Gasteiger partial charge < -0.3 is 5.11 Å². The number of hydrogen-bond donors (Lipinski definition) is 1. The second-order valence-electron chi connectivity index (χ2n) is 7.58. The van der Waals surface area contributed by atoms with E-state index in [2.05, 4.69) is 4.98 Å². The van der Waals surface area contributed by atoms with Crippen LogP contribution in [0.5, 0.6) is 0 Å². The number of non-ortho nitro benzene ring substituents is 1. The highest BCUT2D eigenvalue weighted by molar-refractivity contribution is 6.51. The van der Waals surface area contributed by atoms with Crippen LogP contribution in [-0.2, 0) is 9.59 Å². The summed E-state index contributed by atoms with van der Waals surface area (Å²) >= 11 is 0. The third-order valence-electron chi connectivity index (χ3n) is 5.23. The minimum absolute atomic E-state index is 0.0681. The van der Waals surface area contributed by atoms with Gasteiger partial charge in [-0.2, -0.15) is 0 Å². The van der Waals surface area contributed by atoms with Gasteiger partial charge in [-0.3, -0.25) is 29.6 Å². The van der Waals surface area contributed by atoms with E-state index in [1.807, 2.05) is 19.9 Å². The number of nitro groups is 1. The van der Waals surface area contributed by atoms with Crippen LogP contribution in [0.3, 0.4) is 0 Å². The first kappa shape index (κ1) is 20.9. The van der Waals surface area contributed by atoms with Gasteiger partial charge >= 0.3 is 0 Å². The number of rotatable bonds is 4. The second-order valence-corrected chi connectivity index (χ2v) is 7.58. The van der Waals surface area contributed by atoms with Gasteiger partial charge in [-0.25, -0.2) is 0 Å². The number of Topliss-reactive ketones (excluding diaryl/α,β-unsaturated/α-hetero) is 1. The standard InChI is InChI=1S/C24H19N3O5/c1-14-10-15(2)12-18(11-14)26-21(19-8-3-4-9-25-19)20(23(29)24(26)30)22(28)16-6-5-7-17(13-16)27(31)32/h3-13,21,28H,1-2H3/b22-20-. The first-order valence-electron chi connectivity index (χ1n) is 9.83. The van der Waals surface area contributed by atoms with Crippen molar-refractivity contribution in [3.63, 3.8) is 0 Å². The summed E-state index contributed by atoms with van der Waals surface area (Å²) in [5.41, 5.74) is 2.34. The number of hydrogen-bond acceptors (Lipinski definition) is 6. The molecule has 1 N–H and O–H groups in total. The molecule has 1 unspecified atom stereocenters. The highest BCUT2D eigenvalue weighted by Crippen LogP contribution is 2.42. The number of aryl methyl sites for hydroxylation is 2.